The normalized spacial score (nSPS) is 24.4. The fraction of sp³-hybridized carbons (Fsp3) is 0.792. The van der Waals surface area contributed by atoms with E-state index in [1.807, 2.05) is 19.2 Å². The fourth-order valence-electron chi connectivity index (χ4n) is 4.92. The van der Waals surface area contributed by atoms with Crippen LogP contribution in [0, 0.1) is 22.7 Å². The number of likely N-dealkylation sites (tertiary alicyclic amines) is 1. The van der Waals surface area contributed by atoms with E-state index in [-0.39, 0.29) is 17.9 Å². The molecule has 10 nitrogen and oxygen atoms in total. The van der Waals surface area contributed by atoms with E-state index in [0.29, 0.717) is 0 Å². The van der Waals surface area contributed by atoms with Crippen molar-refractivity contribution in [3.8, 4) is 0 Å². The number of primary amides is 1. The van der Waals surface area contributed by atoms with Crippen LogP contribution in [-0.4, -0.2) is 70.9 Å². The molecule has 37 heavy (non-hydrogen) atoms. The number of carbonyl (C=O) groups is 5. The van der Waals surface area contributed by atoms with Crippen molar-refractivity contribution in [3.63, 3.8) is 0 Å². The Kier molecular flexibility index (Phi) is 8.03. The molecule has 1 heterocycles. The average molecular weight is 535 g/mol. The second kappa shape index (κ2) is 9.79. The zero-order valence-electron chi connectivity index (χ0n) is 22.4. The summed E-state index contributed by atoms with van der Waals surface area (Å²) >= 11 is 0. The molecule has 1 saturated heterocycles. The van der Waals surface area contributed by atoms with Crippen LogP contribution in [0.25, 0.3) is 0 Å². The van der Waals surface area contributed by atoms with Crippen LogP contribution in [0.4, 0.5) is 18.0 Å². The summed E-state index contributed by atoms with van der Waals surface area (Å²) in [7, 11) is 0. The highest BCUT2D eigenvalue weighted by molar-refractivity contribution is 6.37. The molecule has 0 radical (unpaired) electrons. The first-order chi connectivity index (χ1) is 16.5. The van der Waals surface area contributed by atoms with Crippen LogP contribution in [0.5, 0.6) is 0 Å². The van der Waals surface area contributed by atoms with Crippen molar-refractivity contribution < 1.29 is 41.9 Å². The minimum Gasteiger partial charge on any atom is -0.444 e. The first kappa shape index (κ1) is 30.4. The lowest BCUT2D eigenvalue weighted by Gasteiger charge is -2.38. The van der Waals surface area contributed by atoms with Crippen LogP contribution in [0.15, 0.2) is 0 Å². The Bertz CT molecular complexity index is 967. The number of carbonyl (C=O) groups excluding carboxylic acids is 5. The summed E-state index contributed by atoms with van der Waals surface area (Å²) in [6.45, 7) is 13.9. The van der Waals surface area contributed by atoms with Gasteiger partial charge in [0.25, 0.3) is 5.91 Å². The summed E-state index contributed by atoms with van der Waals surface area (Å²) < 4.78 is 44.5. The van der Waals surface area contributed by atoms with Gasteiger partial charge in [0.2, 0.25) is 17.6 Å². The van der Waals surface area contributed by atoms with Gasteiger partial charge in [-0.3, -0.25) is 19.2 Å². The minimum absolute atomic E-state index is 0.123. The van der Waals surface area contributed by atoms with Gasteiger partial charge in [-0.2, -0.15) is 13.2 Å². The smallest absolute Gasteiger partial charge is 0.408 e. The number of amides is 4. The Balaban J connectivity index is 2.35. The molecule has 0 bridgehead atoms. The lowest BCUT2D eigenvalue weighted by molar-refractivity contribution is -0.155. The van der Waals surface area contributed by atoms with Gasteiger partial charge in [0.15, 0.2) is 0 Å². The summed E-state index contributed by atoms with van der Waals surface area (Å²) in [6.07, 6.45) is -7.50. The number of rotatable bonds is 7. The number of piperidine rings is 1. The Morgan fingerprint density at radius 2 is 1.57 bits per heavy atom. The maximum absolute atomic E-state index is 13.7. The molecule has 2 aliphatic rings. The molecule has 0 aromatic heterocycles. The Morgan fingerprint density at radius 1 is 1.03 bits per heavy atom. The van der Waals surface area contributed by atoms with E-state index in [1.165, 1.54) is 4.90 Å². The van der Waals surface area contributed by atoms with Crippen LogP contribution in [0.1, 0.15) is 61.8 Å². The van der Waals surface area contributed by atoms with Crippen molar-refractivity contribution in [2.45, 2.75) is 91.7 Å². The fourth-order valence-corrected chi connectivity index (χ4v) is 4.92. The van der Waals surface area contributed by atoms with Crippen LogP contribution in [0.2, 0.25) is 0 Å². The SMILES string of the molecule is CC(C)(C)OC(=O)N[C@H](C(=O)N1CC2C([C@H]1C(=O)NC(CC(F)(F)F)C(=O)C(N)=O)C2(C)C)C(C)(C)C. The topological polar surface area (TPSA) is 148 Å². The van der Waals surface area contributed by atoms with Crippen molar-refractivity contribution in [2.24, 2.45) is 28.4 Å². The van der Waals surface area contributed by atoms with E-state index >= 15 is 0 Å². The van der Waals surface area contributed by atoms with Gasteiger partial charge in [-0.25, -0.2) is 4.79 Å². The summed E-state index contributed by atoms with van der Waals surface area (Å²) in [5.41, 5.74) is 2.85. The van der Waals surface area contributed by atoms with Crippen molar-refractivity contribution in [1.82, 2.24) is 15.5 Å². The van der Waals surface area contributed by atoms with Gasteiger partial charge in [-0.15, -0.1) is 0 Å². The maximum Gasteiger partial charge on any atom is 0.408 e. The van der Waals surface area contributed by atoms with Gasteiger partial charge in [-0.05, 0) is 43.4 Å². The zero-order valence-corrected chi connectivity index (χ0v) is 22.4. The molecule has 0 aromatic rings. The van der Waals surface area contributed by atoms with Gasteiger partial charge < -0.3 is 26.0 Å². The Morgan fingerprint density at radius 3 is 2.00 bits per heavy atom. The predicted molar refractivity (Wildman–Crippen MR) is 126 cm³/mol. The summed E-state index contributed by atoms with van der Waals surface area (Å²) in [6, 6.07) is -4.56. The Labute approximate surface area is 214 Å². The van der Waals surface area contributed by atoms with Crippen molar-refractivity contribution in [1.29, 1.82) is 0 Å². The first-order valence-corrected chi connectivity index (χ1v) is 12.0. The minimum atomic E-state index is -4.87. The number of nitrogens with one attached hydrogen (secondary N) is 2. The third-order valence-corrected chi connectivity index (χ3v) is 6.85. The third-order valence-electron chi connectivity index (χ3n) is 6.85. The van der Waals surface area contributed by atoms with Crippen molar-refractivity contribution in [2.75, 3.05) is 6.54 Å². The molecule has 0 spiro atoms. The summed E-state index contributed by atoms with van der Waals surface area (Å²) in [5.74, 6) is -5.34. The second-order valence-electron chi connectivity index (χ2n) is 12.4. The lowest BCUT2D eigenvalue weighted by atomic mass is 9.85. The number of fused-ring (bicyclic) bond motifs is 1. The van der Waals surface area contributed by atoms with Gasteiger partial charge in [0, 0.05) is 6.54 Å². The van der Waals surface area contributed by atoms with E-state index in [4.69, 9.17) is 10.5 Å². The molecule has 1 aliphatic heterocycles. The number of nitrogens with zero attached hydrogens (tertiary/aromatic N) is 1. The number of alkyl carbamates (subject to hydrolysis) is 1. The number of nitrogens with two attached hydrogens (primary N) is 1. The second-order valence-corrected chi connectivity index (χ2v) is 12.4. The van der Waals surface area contributed by atoms with Gasteiger partial charge in [0.05, 0.1) is 6.42 Å². The van der Waals surface area contributed by atoms with E-state index in [9.17, 15) is 37.1 Å². The molecule has 5 atom stereocenters. The molecule has 210 valence electrons. The molecule has 1 saturated carbocycles. The van der Waals surface area contributed by atoms with Crippen LogP contribution < -0.4 is 16.4 Å². The summed E-state index contributed by atoms with van der Waals surface area (Å²) in [5, 5.41) is 4.57. The monoisotopic (exact) mass is 534 g/mol. The average Bonchev–Trinajstić information content (AvgIpc) is 3.03. The van der Waals surface area contributed by atoms with E-state index < -0.39 is 77.3 Å². The number of Topliss-reactive ketones (excluding diaryl/α,β-unsaturated/α-hetero) is 1. The van der Waals surface area contributed by atoms with E-state index in [2.05, 4.69) is 5.32 Å². The van der Waals surface area contributed by atoms with Crippen molar-refractivity contribution >= 4 is 29.6 Å². The number of halogens is 3. The molecule has 4 N–H and O–H groups in total. The molecular weight excluding hydrogens is 497 g/mol. The predicted octanol–water partition coefficient (Wildman–Crippen LogP) is 1.90. The molecule has 0 aromatic carbocycles. The molecule has 1 aliphatic carbocycles. The number of hydrogen-bond acceptors (Lipinski definition) is 6. The molecule has 3 unspecified atom stereocenters. The highest BCUT2D eigenvalue weighted by Crippen LogP contribution is 2.65. The zero-order chi connectivity index (χ0) is 28.9. The number of ether oxygens (including phenoxy) is 1. The van der Waals surface area contributed by atoms with Crippen LogP contribution in [0.3, 0.4) is 0 Å². The molecular formula is C24H37F3N4O6. The van der Waals surface area contributed by atoms with Crippen LogP contribution in [-0.2, 0) is 23.9 Å². The van der Waals surface area contributed by atoms with Gasteiger partial charge in [-0.1, -0.05) is 34.6 Å². The number of hydrogen-bond donors (Lipinski definition) is 3. The van der Waals surface area contributed by atoms with E-state index in [0.717, 1.165) is 0 Å². The quantitative estimate of drug-likeness (QED) is 0.425. The number of alkyl halides is 3. The van der Waals surface area contributed by atoms with Crippen LogP contribution >= 0.6 is 0 Å². The maximum atomic E-state index is 13.7. The molecule has 13 heteroatoms. The van der Waals surface area contributed by atoms with Gasteiger partial charge >= 0.3 is 12.3 Å². The molecule has 2 fully saturated rings. The Hall–Kier alpha value is -2.86. The largest absolute Gasteiger partial charge is 0.444 e. The standard InChI is InChI=1S/C24H37F3N4O6/c1-21(2,3)16(30-20(36)37-22(4,5)6)19(35)31-10-11-13(23(11,7)8)14(31)18(34)29-12(9-24(25,26)27)15(32)17(28)33/h11-14,16H,9-10H2,1-8H3,(H2,28,33)(H,29,34)(H,30,36)/t11?,12?,13?,14-,16+/m0/s1. The van der Waals surface area contributed by atoms with E-state index in [1.54, 1.807) is 41.5 Å². The summed E-state index contributed by atoms with van der Waals surface area (Å²) in [4.78, 5) is 64.1. The highest BCUT2D eigenvalue weighted by Gasteiger charge is 2.70. The molecule has 2 rings (SSSR count). The number of ketones is 1. The van der Waals surface area contributed by atoms with Crippen molar-refractivity contribution in [3.05, 3.63) is 0 Å². The third kappa shape index (κ3) is 7.13. The van der Waals surface area contributed by atoms with Gasteiger partial charge in [0.1, 0.15) is 23.7 Å². The lowest BCUT2D eigenvalue weighted by Crippen LogP contribution is -2.61. The highest BCUT2D eigenvalue weighted by atomic mass is 19.4. The molecule has 4 amide bonds. The first-order valence-electron chi connectivity index (χ1n) is 12.0.